The molecule has 0 bridgehead atoms. The Labute approximate surface area is 154 Å². The van der Waals surface area contributed by atoms with E-state index in [0.29, 0.717) is 22.8 Å². The molecule has 0 saturated carbocycles. The Balaban J connectivity index is 1.80. The minimum absolute atomic E-state index is 0.140. The number of hydrogen-bond acceptors (Lipinski definition) is 5. The number of nitrogens with one attached hydrogen (secondary N) is 1. The second-order valence-electron chi connectivity index (χ2n) is 6.59. The predicted octanol–water partition coefficient (Wildman–Crippen LogP) is 3.71. The Morgan fingerprint density at radius 2 is 1.92 bits per heavy atom. The summed E-state index contributed by atoms with van der Waals surface area (Å²) in [5, 5.41) is 23.0. The average Bonchev–Trinajstić information content (AvgIpc) is 2.68. The Bertz CT molecular complexity index is 813. The normalized spacial score (nSPS) is 19.6. The second-order valence-corrected chi connectivity index (χ2v) is 6.59. The fourth-order valence-corrected chi connectivity index (χ4v) is 3.68. The average molecular weight is 352 g/mol. The van der Waals surface area contributed by atoms with Gasteiger partial charge in [0.2, 0.25) is 0 Å². The first-order valence-corrected chi connectivity index (χ1v) is 8.85. The van der Waals surface area contributed by atoms with Crippen LogP contribution in [0.5, 0.6) is 17.2 Å². The molecule has 1 heterocycles. The zero-order valence-corrected chi connectivity index (χ0v) is 15.2. The molecule has 2 aromatic carbocycles. The molecule has 26 heavy (non-hydrogen) atoms. The van der Waals surface area contributed by atoms with Crippen molar-refractivity contribution >= 4 is 0 Å². The van der Waals surface area contributed by atoms with E-state index in [1.807, 2.05) is 24.3 Å². The Kier molecular flexibility index (Phi) is 5.65. The van der Waals surface area contributed by atoms with E-state index in [4.69, 9.17) is 9.47 Å². The van der Waals surface area contributed by atoms with Crippen molar-refractivity contribution in [1.29, 1.82) is 5.26 Å². The van der Waals surface area contributed by atoms with Crippen LogP contribution in [0.1, 0.15) is 42.0 Å². The first-order valence-electron chi connectivity index (χ1n) is 8.85. The van der Waals surface area contributed by atoms with Gasteiger partial charge in [0, 0.05) is 23.7 Å². The fourth-order valence-electron chi connectivity index (χ4n) is 3.68. The maximum absolute atomic E-state index is 10.1. The molecule has 0 aromatic heterocycles. The lowest BCUT2D eigenvalue weighted by Gasteiger charge is -2.32. The van der Waals surface area contributed by atoms with Crippen LogP contribution in [-0.2, 0) is 6.42 Å². The molecule has 0 unspecified atom stereocenters. The summed E-state index contributed by atoms with van der Waals surface area (Å²) in [4.78, 5) is 0. The summed E-state index contributed by atoms with van der Waals surface area (Å²) in [7, 11) is 3.19. The van der Waals surface area contributed by atoms with Crippen LogP contribution >= 0.6 is 0 Å². The van der Waals surface area contributed by atoms with Gasteiger partial charge in [0.15, 0.2) is 0 Å². The van der Waals surface area contributed by atoms with Crippen LogP contribution in [0, 0.1) is 11.3 Å². The van der Waals surface area contributed by atoms with Crippen LogP contribution in [-0.4, -0.2) is 25.4 Å². The van der Waals surface area contributed by atoms with Gasteiger partial charge in [0.25, 0.3) is 0 Å². The Morgan fingerprint density at radius 1 is 1.15 bits per heavy atom. The van der Waals surface area contributed by atoms with Gasteiger partial charge in [0.1, 0.15) is 23.3 Å². The SMILES string of the molecule is COc1cc(C[C@@H]2CCC[C@@H](c3ccccc3O)N2)c(OC)cc1C#N. The van der Waals surface area contributed by atoms with E-state index in [0.717, 1.165) is 36.8 Å². The largest absolute Gasteiger partial charge is 0.508 e. The van der Waals surface area contributed by atoms with Gasteiger partial charge < -0.3 is 19.9 Å². The van der Waals surface area contributed by atoms with Crippen LogP contribution in [0.4, 0.5) is 0 Å². The van der Waals surface area contributed by atoms with Crippen molar-refractivity contribution in [2.45, 2.75) is 37.8 Å². The molecule has 5 nitrogen and oxygen atoms in total. The summed E-state index contributed by atoms with van der Waals surface area (Å²) < 4.78 is 10.8. The lowest BCUT2D eigenvalue weighted by molar-refractivity contribution is 0.312. The predicted molar refractivity (Wildman–Crippen MR) is 99.6 cm³/mol. The Hall–Kier alpha value is -2.71. The minimum Gasteiger partial charge on any atom is -0.508 e. The third kappa shape index (κ3) is 3.76. The second kappa shape index (κ2) is 8.11. The number of phenols is 1. The molecule has 2 aromatic rings. The number of ether oxygens (including phenoxy) is 2. The van der Waals surface area contributed by atoms with Crippen molar-refractivity contribution in [3.63, 3.8) is 0 Å². The van der Waals surface area contributed by atoms with Crippen LogP contribution in [0.3, 0.4) is 0 Å². The fraction of sp³-hybridized carbons (Fsp3) is 0.381. The number of phenolic OH excluding ortho intramolecular Hbond substituents is 1. The summed E-state index contributed by atoms with van der Waals surface area (Å²) in [6, 6.07) is 13.7. The number of aromatic hydroxyl groups is 1. The summed E-state index contributed by atoms with van der Waals surface area (Å²) in [6.07, 6.45) is 3.92. The third-order valence-electron chi connectivity index (χ3n) is 4.98. The van der Waals surface area contributed by atoms with Gasteiger partial charge in [-0.2, -0.15) is 5.26 Å². The summed E-state index contributed by atoms with van der Waals surface area (Å²) in [6.45, 7) is 0. The standard InChI is InChI=1S/C21H24N2O3/c1-25-20-12-15(13-22)21(26-2)11-14(20)10-16-6-5-8-18(23-16)17-7-3-4-9-19(17)24/h3-4,7,9,11-12,16,18,23-24H,5-6,8,10H2,1-2H3/t16-,18-/m0/s1. The third-order valence-corrected chi connectivity index (χ3v) is 4.98. The molecule has 0 spiro atoms. The van der Waals surface area contributed by atoms with Crippen molar-refractivity contribution in [3.05, 3.63) is 53.1 Å². The smallest absolute Gasteiger partial charge is 0.137 e. The number of para-hydroxylation sites is 1. The van der Waals surface area contributed by atoms with Crippen molar-refractivity contribution < 1.29 is 14.6 Å². The van der Waals surface area contributed by atoms with E-state index >= 15 is 0 Å². The van der Waals surface area contributed by atoms with E-state index in [9.17, 15) is 10.4 Å². The molecule has 0 amide bonds. The maximum Gasteiger partial charge on any atom is 0.137 e. The summed E-state index contributed by atoms with van der Waals surface area (Å²) in [5.74, 6) is 1.61. The van der Waals surface area contributed by atoms with Gasteiger partial charge in [-0.05, 0) is 43.4 Å². The van der Waals surface area contributed by atoms with Crippen molar-refractivity contribution in [2.24, 2.45) is 0 Å². The van der Waals surface area contributed by atoms with E-state index < -0.39 is 0 Å². The molecule has 5 heteroatoms. The zero-order chi connectivity index (χ0) is 18.5. The van der Waals surface area contributed by atoms with Crippen LogP contribution in [0.15, 0.2) is 36.4 Å². The zero-order valence-electron chi connectivity index (χ0n) is 15.2. The maximum atomic E-state index is 10.1. The number of methoxy groups -OCH3 is 2. The summed E-state index contributed by atoms with van der Waals surface area (Å²) >= 11 is 0. The highest BCUT2D eigenvalue weighted by molar-refractivity contribution is 5.52. The molecule has 2 atom stereocenters. The highest BCUT2D eigenvalue weighted by Crippen LogP contribution is 2.34. The number of hydrogen-bond donors (Lipinski definition) is 2. The molecular formula is C21H24N2O3. The van der Waals surface area contributed by atoms with Gasteiger partial charge in [-0.25, -0.2) is 0 Å². The van der Waals surface area contributed by atoms with E-state index in [1.165, 1.54) is 0 Å². The van der Waals surface area contributed by atoms with E-state index in [1.54, 1.807) is 26.4 Å². The monoisotopic (exact) mass is 352 g/mol. The van der Waals surface area contributed by atoms with Gasteiger partial charge in [-0.15, -0.1) is 0 Å². The van der Waals surface area contributed by atoms with Gasteiger partial charge in [-0.3, -0.25) is 0 Å². The number of piperidine rings is 1. The van der Waals surface area contributed by atoms with Gasteiger partial charge in [0.05, 0.1) is 19.8 Å². The molecule has 1 fully saturated rings. The molecule has 0 radical (unpaired) electrons. The van der Waals surface area contributed by atoms with Crippen molar-refractivity contribution in [3.8, 4) is 23.3 Å². The lowest BCUT2D eigenvalue weighted by atomic mass is 9.89. The lowest BCUT2D eigenvalue weighted by Crippen LogP contribution is -2.38. The number of benzene rings is 2. The Morgan fingerprint density at radius 3 is 2.62 bits per heavy atom. The molecular weight excluding hydrogens is 328 g/mol. The molecule has 1 aliphatic rings. The topological polar surface area (TPSA) is 74.5 Å². The van der Waals surface area contributed by atoms with E-state index in [-0.39, 0.29) is 12.1 Å². The van der Waals surface area contributed by atoms with E-state index in [2.05, 4.69) is 11.4 Å². The first kappa shape index (κ1) is 18.1. The summed E-state index contributed by atoms with van der Waals surface area (Å²) in [5.41, 5.74) is 2.43. The van der Waals surface area contributed by atoms with Crippen LogP contribution in [0.25, 0.3) is 0 Å². The molecule has 1 saturated heterocycles. The number of nitriles is 1. The molecule has 3 rings (SSSR count). The van der Waals surface area contributed by atoms with Crippen molar-refractivity contribution in [2.75, 3.05) is 14.2 Å². The molecule has 2 N–H and O–H groups in total. The van der Waals surface area contributed by atoms with Gasteiger partial charge in [-0.1, -0.05) is 18.2 Å². The number of rotatable bonds is 5. The van der Waals surface area contributed by atoms with Gasteiger partial charge >= 0.3 is 0 Å². The van der Waals surface area contributed by atoms with Crippen LogP contribution < -0.4 is 14.8 Å². The quantitative estimate of drug-likeness (QED) is 0.858. The number of nitrogens with zero attached hydrogens (tertiary/aromatic N) is 1. The minimum atomic E-state index is 0.140. The highest BCUT2D eigenvalue weighted by atomic mass is 16.5. The molecule has 1 aliphatic heterocycles. The van der Waals surface area contributed by atoms with Crippen molar-refractivity contribution in [1.82, 2.24) is 5.32 Å². The first-order chi connectivity index (χ1) is 12.7. The van der Waals surface area contributed by atoms with Crippen LogP contribution in [0.2, 0.25) is 0 Å². The highest BCUT2D eigenvalue weighted by Gasteiger charge is 2.25. The molecule has 136 valence electrons. The molecule has 0 aliphatic carbocycles.